The highest BCUT2D eigenvalue weighted by Gasteiger charge is 2.34. The Hall–Kier alpha value is -1.03. The molecule has 1 aliphatic heterocycles. The highest BCUT2D eigenvalue weighted by atomic mass is 35.5. The van der Waals surface area contributed by atoms with Crippen LogP contribution in [0.4, 0.5) is 11.6 Å². The summed E-state index contributed by atoms with van der Waals surface area (Å²) in [6.07, 6.45) is 10.8. The van der Waals surface area contributed by atoms with E-state index >= 15 is 0 Å². The van der Waals surface area contributed by atoms with E-state index in [1.807, 2.05) is 0 Å². The summed E-state index contributed by atoms with van der Waals surface area (Å²) in [5.74, 6) is 2.02. The maximum atomic E-state index is 6.29. The van der Waals surface area contributed by atoms with E-state index in [0.29, 0.717) is 16.9 Å². The molecule has 2 fully saturated rings. The van der Waals surface area contributed by atoms with Gasteiger partial charge in [0.05, 0.1) is 0 Å². The summed E-state index contributed by atoms with van der Waals surface area (Å²) in [6.45, 7) is 1.04. The lowest BCUT2D eigenvalue weighted by molar-refractivity contribution is 0.304. The van der Waals surface area contributed by atoms with Crippen molar-refractivity contribution in [3.05, 3.63) is 11.3 Å². The Labute approximate surface area is 119 Å². The van der Waals surface area contributed by atoms with Crippen LogP contribution in [0.1, 0.15) is 44.9 Å². The van der Waals surface area contributed by atoms with E-state index in [1.165, 1.54) is 51.3 Å². The molecule has 0 spiro atoms. The van der Waals surface area contributed by atoms with E-state index in [9.17, 15) is 0 Å². The fraction of sp³-hybridized carbons (Fsp3) is 0.714. The van der Waals surface area contributed by atoms with Crippen molar-refractivity contribution in [2.45, 2.75) is 51.0 Å². The van der Waals surface area contributed by atoms with Crippen LogP contribution >= 0.6 is 11.6 Å². The average Bonchev–Trinajstić information content (AvgIpc) is 2.92. The standard InChI is InChI=1S/C14H21ClN4/c15-12-13(16)17-9-18-14(12)19-8-4-7-11(19)10-5-2-1-3-6-10/h9-11H,1-8H2,(H2,16,17,18). The Kier molecular flexibility index (Phi) is 3.78. The van der Waals surface area contributed by atoms with Crippen LogP contribution in [0.5, 0.6) is 0 Å². The second kappa shape index (κ2) is 5.53. The lowest BCUT2D eigenvalue weighted by atomic mass is 9.83. The second-order valence-electron chi connectivity index (χ2n) is 5.70. The van der Waals surface area contributed by atoms with Gasteiger partial charge in [0.1, 0.15) is 17.2 Å². The first-order valence-electron chi connectivity index (χ1n) is 7.30. The highest BCUT2D eigenvalue weighted by Crippen LogP contribution is 2.38. The van der Waals surface area contributed by atoms with Gasteiger partial charge in [-0.1, -0.05) is 30.9 Å². The first-order chi connectivity index (χ1) is 9.27. The minimum absolute atomic E-state index is 0.390. The first kappa shape index (κ1) is 13.0. The number of halogens is 1. The summed E-state index contributed by atoms with van der Waals surface area (Å²) in [7, 11) is 0. The average molecular weight is 281 g/mol. The summed E-state index contributed by atoms with van der Waals surface area (Å²) in [5.41, 5.74) is 5.80. The van der Waals surface area contributed by atoms with Gasteiger partial charge in [-0.05, 0) is 31.6 Å². The van der Waals surface area contributed by atoms with Crippen LogP contribution in [0.3, 0.4) is 0 Å². The summed E-state index contributed by atoms with van der Waals surface area (Å²) < 4.78 is 0. The van der Waals surface area contributed by atoms with Gasteiger partial charge < -0.3 is 10.6 Å². The molecular weight excluding hydrogens is 260 g/mol. The van der Waals surface area contributed by atoms with Gasteiger partial charge in [-0.2, -0.15) is 0 Å². The van der Waals surface area contributed by atoms with Crippen LogP contribution in [0.2, 0.25) is 5.02 Å². The maximum absolute atomic E-state index is 6.29. The van der Waals surface area contributed by atoms with Gasteiger partial charge in [-0.3, -0.25) is 0 Å². The van der Waals surface area contributed by atoms with Crippen molar-refractivity contribution in [3.63, 3.8) is 0 Å². The summed E-state index contributed by atoms with van der Waals surface area (Å²) in [4.78, 5) is 10.7. The number of hydrogen-bond donors (Lipinski definition) is 1. The van der Waals surface area contributed by atoms with Crippen molar-refractivity contribution in [1.82, 2.24) is 9.97 Å². The van der Waals surface area contributed by atoms with E-state index in [2.05, 4.69) is 14.9 Å². The smallest absolute Gasteiger partial charge is 0.153 e. The first-order valence-corrected chi connectivity index (χ1v) is 7.68. The molecule has 0 radical (unpaired) electrons. The molecule has 0 aromatic carbocycles. The third-order valence-electron chi connectivity index (χ3n) is 4.56. The van der Waals surface area contributed by atoms with Crippen LogP contribution in [-0.2, 0) is 0 Å². The van der Waals surface area contributed by atoms with E-state index in [1.54, 1.807) is 0 Å². The molecule has 5 heteroatoms. The normalized spacial score (nSPS) is 24.9. The van der Waals surface area contributed by atoms with Crippen LogP contribution in [-0.4, -0.2) is 22.6 Å². The molecule has 2 aliphatic rings. The molecule has 1 atom stereocenters. The Morgan fingerprint density at radius 2 is 1.89 bits per heavy atom. The monoisotopic (exact) mass is 280 g/mol. The van der Waals surface area contributed by atoms with Crippen molar-refractivity contribution in [3.8, 4) is 0 Å². The maximum Gasteiger partial charge on any atom is 0.153 e. The van der Waals surface area contributed by atoms with Crippen LogP contribution in [0.25, 0.3) is 0 Å². The third-order valence-corrected chi connectivity index (χ3v) is 4.93. The van der Waals surface area contributed by atoms with Gasteiger partial charge in [-0.25, -0.2) is 9.97 Å². The van der Waals surface area contributed by atoms with Crippen molar-refractivity contribution in [2.24, 2.45) is 5.92 Å². The van der Waals surface area contributed by atoms with E-state index in [4.69, 9.17) is 17.3 Å². The molecule has 0 bridgehead atoms. The zero-order chi connectivity index (χ0) is 13.2. The molecule has 1 unspecified atom stereocenters. The molecule has 1 saturated carbocycles. The molecular formula is C14H21ClN4. The zero-order valence-electron chi connectivity index (χ0n) is 11.2. The fourth-order valence-electron chi connectivity index (χ4n) is 3.64. The molecule has 104 valence electrons. The number of anilines is 2. The van der Waals surface area contributed by atoms with Crippen molar-refractivity contribution in [2.75, 3.05) is 17.2 Å². The number of nitrogen functional groups attached to an aromatic ring is 1. The molecule has 4 nitrogen and oxygen atoms in total. The summed E-state index contributed by atoms with van der Waals surface area (Å²) in [6, 6.07) is 0.590. The minimum atomic E-state index is 0.390. The molecule has 0 amide bonds. The van der Waals surface area contributed by atoms with E-state index in [0.717, 1.165) is 18.3 Å². The number of hydrogen-bond acceptors (Lipinski definition) is 4. The minimum Gasteiger partial charge on any atom is -0.382 e. The Morgan fingerprint density at radius 3 is 2.68 bits per heavy atom. The quantitative estimate of drug-likeness (QED) is 0.903. The van der Waals surface area contributed by atoms with Crippen LogP contribution in [0.15, 0.2) is 6.33 Å². The van der Waals surface area contributed by atoms with Crippen LogP contribution < -0.4 is 10.6 Å². The molecule has 3 rings (SSSR count). The number of nitrogens with zero attached hydrogens (tertiary/aromatic N) is 3. The Morgan fingerprint density at radius 1 is 1.11 bits per heavy atom. The lowest BCUT2D eigenvalue weighted by Crippen LogP contribution is -2.37. The van der Waals surface area contributed by atoms with Gasteiger partial charge in [0.2, 0.25) is 0 Å². The predicted octanol–water partition coefficient (Wildman–Crippen LogP) is 3.26. The molecule has 2 heterocycles. The van der Waals surface area contributed by atoms with Crippen molar-refractivity contribution in [1.29, 1.82) is 0 Å². The molecule has 19 heavy (non-hydrogen) atoms. The van der Waals surface area contributed by atoms with E-state index < -0.39 is 0 Å². The topological polar surface area (TPSA) is 55.0 Å². The second-order valence-corrected chi connectivity index (χ2v) is 6.08. The number of aromatic nitrogens is 2. The van der Waals surface area contributed by atoms with Gasteiger partial charge in [0.15, 0.2) is 5.82 Å². The van der Waals surface area contributed by atoms with Gasteiger partial charge >= 0.3 is 0 Å². The van der Waals surface area contributed by atoms with Gasteiger partial charge in [0, 0.05) is 12.6 Å². The molecule has 1 aromatic rings. The summed E-state index contributed by atoms with van der Waals surface area (Å²) in [5, 5.41) is 0.519. The SMILES string of the molecule is Nc1ncnc(N2CCCC2C2CCCCC2)c1Cl. The largest absolute Gasteiger partial charge is 0.382 e. The number of rotatable bonds is 2. The molecule has 2 N–H and O–H groups in total. The highest BCUT2D eigenvalue weighted by molar-refractivity contribution is 6.35. The Balaban J connectivity index is 1.84. The molecule has 1 aromatic heterocycles. The third kappa shape index (κ3) is 2.50. The summed E-state index contributed by atoms with van der Waals surface area (Å²) >= 11 is 6.29. The van der Waals surface area contributed by atoms with Gasteiger partial charge in [-0.15, -0.1) is 0 Å². The zero-order valence-corrected chi connectivity index (χ0v) is 11.9. The van der Waals surface area contributed by atoms with Crippen LogP contribution in [0, 0.1) is 5.92 Å². The fourth-order valence-corrected chi connectivity index (χ4v) is 3.84. The lowest BCUT2D eigenvalue weighted by Gasteiger charge is -2.35. The number of nitrogens with two attached hydrogens (primary N) is 1. The van der Waals surface area contributed by atoms with Crippen molar-refractivity contribution >= 4 is 23.2 Å². The van der Waals surface area contributed by atoms with Gasteiger partial charge in [0.25, 0.3) is 0 Å². The molecule has 1 aliphatic carbocycles. The van der Waals surface area contributed by atoms with E-state index in [-0.39, 0.29) is 0 Å². The molecule has 1 saturated heterocycles. The van der Waals surface area contributed by atoms with Crippen molar-refractivity contribution < 1.29 is 0 Å². The predicted molar refractivity (Wildman–Crippen MR) is 78.4 cm³/mol. The Bertz CT molecular complexity index is 445.